The van der Waals surface area contributed by atoms with E-state index < -0.39 is 54.0 Å². The normalized spacial score (nSPS) is 18.8. The zero-order valence-electron chi connectivity index (χ0n) is 38.0. The molecule has 12 nitrogen and oxygen atoms in total. The molecule has 9 atom stereocenters. The number of hydrogen-bond acceptors (Lipinski definition) is 8. The molecule has 3 amide bonds. The number of ketones is 1. The van der Waals surface area contributed by atoms with Crippen LogP contribution in [-0.4, -0.2) is 127 Å². The first-order valence-electron chi connectivity index (χ1n) is 21.7. The van der Waals surface area contributed by atoms with Gasteiger partial charge in [-0.2, -0.15) is 0 Å². The van der Waals surface area contributed by atoms with Crippen LogP contribution in [0, 0.1) is 35.5 Å². The SMILES string of the molecule is CC[C@H](C)[C@@H]([C@@H](CC(=O)N1CCC[C@H]1[C@H](OC)[C@@H](C)C(=O)N[C@@H](Cc1ccccc1)C(=O)O)OC)N(C)C(=O)[C@@H](CC(=O)[C@H](C(C)C)N(C)CCCC(C)C)C(C)C. The van der Waals surface area contributed by atoms with Crippen molar-refractivity contribution in [2.24, 2.45) is 35.5 Å². The number of nitrogens with one attached hydrogen (secondary N) is 1. The minimum absolute atomic E-state index is 0.0106. The summed E-state index contributed by atoms with van der Waals surface area (Å²) in [5.41, 5.74) is 0.790. The second-order valence-corrected chi connectivity index (χ2v) is 17.9. The fourth-order valence-electron chi connectivity index (χ4n) is 8.88. The van der Waals surface area contributed by atoms with Crippen molar-refractivity contribution in [1.82, 2.24) is 20.0 Å². The van der Waals surface area contributed by atoms with Crippen molar-refractivity contribution in [1.29, 1.82) is 0 Å². The van der Waals surface area contributed by atoms with E-state index in [1.54, 1.807) is 30.9 Å². The maximum atomic E-state index is 14.5. The molecule has 0 bridgehead atoms. The first kappa shape index (κ1) is 50.8. The molecule has 0 spiro atoms. The molecule has 0 aliphatic carbocycles. The number of ether oxygens (including phenoxy) is 2. The van der Waals surface area contributed by atoms with Crippen LogP contribution in [0.5, 0.6) is 0 Å². The Balaban J connectivity index is 2.27. The van der Waals surface area contributed by atoms with Gasteiger partial charge in [-0.3, -0.25) is 24.1 Å². The van der Waals surface area contributed by atoms with E-state index in [4.69, 9.17) is 9.47 Å². The van der Waals surface area contributed by atoms with Crippen molar-refractivity contribution < 1.29 is 38.6 Å². The van der Waals surface area contributed by atoms with Crippen molar-refractivity contribution >= 4 is 29.5 Å². The van der Waals surface area contributed by atoms with Gasteiger partial charge in [0.15, 0.2) is 5.78 Å². The molecule has 1 aromatic rings. The van der Waals surface area contributed by atoms with Crippen molar-refractivity contribution in [3.05, 3.63) is 35.9 Å². The van der Waals surface area contributed by atoms with E-state index in [-0.39, 0.29) is 60.7 Å². The van der Waals surface area contributed by atoms with Crippen LogP contribution < -0.4 is 5.32 Å². The largest absolute Gasteiger partial charge is 0.480 e. The molecule has 0 saturated carbocycles. The van der Waals surface area contributed by atoms with Gasteiger partial charge < -0.3 is 29.7 Å². The summed E-state index contributed by atoms with van der Waals surface area (Å²) in [5.74, 6) is -2.51. The van der Waals surface area contributed by atoms with Crippen LogP contribution in [0.3, 0.4) is 0 Å². The lowest BCUT2D eigenvalue weighted by atomic mass is 9.83. The summed E-state index contributed by atoms with van der Waals surface area (Å²) in [6.07, 6.45) is 3.15. The third-order valence-corrected chi connectivity index (χ3v) is 12.4. The van der Waals surface area contributed by atoms with E-state index in [2.05, 4.69) is 51.8 Å². The number of nitrogens with zero attached hydrogens (tertiary/aromatic N) is 3. The van der Waals surface area contributed by atoms with Gasteiger partial charge in [-0.1, -0.05) is 99.1 Å². The van der Waals surface area contributed by atoms with E-state index in [0.29, 0.717) is 18.9 Å². The van der Waals surface area contributed by atoms with E-state index in [0.717, 1.165) is 37.8 Å². The van der Waals surface area contributed by atoms with Crippen LogP contribution in [0.4, 0.5) is 0 Å². The van der Waals surface area contributed by atoms with Crippen molar-refractivity contribution in [2.75, 3.05) is 41.4 Å². The Hall–Kier alpha value is -3.35. The number of benzene rings is 1. The van der Waals surface area contributed by atoms with Gasteiger partial charge in [0, 0.05) is 46.6 Å². The number of carbonyl (C=O) groups is 5. The second-order valence-electron chi connectivity index (χ2n) is 17.9. The highest BCUT2D eigenvalue weighted by atomic mass is 16.5. The molecule has 0 radical (unpaired) electrons. The molecule has 1 heterocycles. The van der Waals surface area contributed by atoms with E-state index in [1.807, 2.05) is 51.2 Å². The van der Waals surface area contributed by atoms with Gasteiger partial charge in [0.2, 0.25) is 17.7 Å². The van der Waals surface area contributed by atoms with E-state index >= 15 is 0 Å². The molecular weight excluding hydrogens is 737 g/mol. The fraction of sp³-hybridized carbons (Fsp3) is 0.761. The molecule has 12 heteroatoms. The molecule has 1 saturated heterocycles. The summed E-state index contributed by atoms with van der Waals surface area (Å²) in [4.78, 5) is 74.1. The number of methoxy groups -OCH3 is 2. The van der Waals surface area contributed by atoms with Crippen LogP contribution >= 0.6 is 0 Å². The predicted octanol–water partition coefficient (Wildman–Crippen LogP) is 6.34. The Morgan fingerprint density at radius 1 is 0.914 bits per heavy atom. The minimum Gasteiger partial charge on any atom is -0.480 e. The average Bonchev–Trinajstić information content (AvgIpc) is 3.65. The summed E-state index contributed by atoms with van der Waals surface area (Å²) in [5, 5.41) is 12.6. The number of rotatable bonds is 26. The van der Waals surface area contributed by atoms with E-state index in [9.17, 15) is 29.1 Å². The molecule has 0 unspecified atom stereocenters. The summed E-state index contributed by atoms with van der Waals surface area (Å²) >= 11 is 0. The molecule has 1 aliphatic rings. The number of carboxylic acids is 1. The van der Waals surface area contributed by atoms with E-state index in [1.165, 1.54) is 7.11 Å². The second kappa shape index (κ2) is 24.7. The molecule has 330 valence electrons. The molecule has 2 rings (SSSR count). The van der Waals surface area contributed by atoms with Gasteiger partial charge in [0.1, 0.15) is 6.04 Å². The lowest BCUT2D eigenvalue weighted by Gasteiger charge is -2.41. The Kier molecular flexibility index (Phi) is 21.6. The van der Waals surface area contributed by atoms with Crippen LogP contribution in [0.1, 0.15) is 113 Å². The number of likely N-dealkylation sites (N-methyl/N-ethyl adjacent to an activating group) is 2. The Morgan fingerprint density at radius 2 is 1.55 bits per heavy atom. The monoisotopic (exact) mass is 815 g/mol. The first-order chi connectivity index (χ1) is 27.3. The van der Waals surface area contributed by atoms with Crippen LogP contribution in [-0.2, 0) is 39.9 Å². The third kappa shape index (κ3) is 14.4. The standard InChI is InChI=1S/C46H78N4O8/c1-14-32(8)42(49(11)45(54)35(30(4)5)27-38(51)41(31(6)7)48(10)24-18-20-29(2)3)39(57-12)28-40(52)50-25-19-23-37(50)43(58-13)33(9)44(53)47-36(46(55)56)26-34-21-16-15-17-22-34/h15-17,21-22,29-33,35-37,39,41-43H,14,18-20,23-28H2,1-13H3,(H,47,53)(H,55,56)/t32-,33+,35-,36-,37-,39+,41-,42-,43+/m0/s1. The summed E-state index contributed by atoms with van der Waals surface area (Å²) < 4.78 is 12.0. The number of Topliss-reactive ketones (excluding diaryl/α,β-unsaturated/α-hetero) is 1. The van der Waals surface area contributed by atoms with Gasteiger partial charge in [0.25, 0.3) is 0 Å². The third-order valence-electron chi connectivity index (χ3n) is 12.4. The number of hydrogen-bond donors (Lipinski definition) is 2. The predicted molar refractivity (Wildman–Crippen MR) is 229 cm³/mol. The highest BCUT2D eigenvalue weighted by Gasteiger charge is 2.43. The number of likely N-dealkylation sites (tertiary alicyclic amines) is 1. The zero-order valence-corrected chi connectivity index (χ0v) is 38.0. The molecule has 1 aromatic carbocycles. The van der Waals surface area contributed by atoms with Gasteiger partial charge in [-0.15, -0.1) is 0 Å². The van der Waals surface area contributed by atoms with Crippen LogP contribution in [0.2, 0.25) is 0 Å². The maximum absolute atomic E-state index is 14.5. The highest BCUT2D eigenvalue weighted by Crippen LogP contribution is 2.31. The smallest absolute Gasteiger partial charge is 0.326 e. The highest BCUT2D eigenvalue weighted by molar-refractivity contribution is 5.90. The summed E-state index contributed by atoms with van der Waals surface area (Å²) in [6, 6.07) is 6.87. The first-order valence-corrected chi connectivity index (χ1v) is 21.7. The van der Waals surface area contributed by atoms with Crippen molar-refractivity contribution in [3.63, 3.8) is 0 Å². The molecule has 0 aromatic heterocycles. The Bertz CT molecular complexity index is 1440. The molecule has 2 N–H and O–H groups in total. The quantitative estimate of drug-likeness (QED) is 0.109. The van der Waals surface area contributed by atoms with Gasteiger partial charge in [0.05, 0.1) is 42.7 Å². The average molecular weight is 815 g/mol. The fourth-order valence-corrected chi connectivity index (χ4v) is 8.88. The number of aliphatic carboxylic acids is 1. The van der Waals surface area contributed by atoms with Crippen molar-refractivity contribution in [2.45, 2.75) is 150 Å². The Labute approximate surface area is 350 Å². The lowest BCUT2D eigenvalue weighted by Crippen LogP contribution is -2.55. The lowest BCUT2D eigenvalue weighted by molar-refractivity contribution is -0.149. The van der Waals surface area contributed by atoms with Crippen molar-refractivity contribution in [3.8, 4) is 0 Å². The maximum Gasteiger partial charge on any atom is 0.326 e. The van der Waals surface area contributed by atoms with Gasteiger partial charge in [-0.25, -0.2) is 4.79 Å². The molecular formula is C46H78N4O8. The molecule has 1 aliphatic heterocycles. The molecule has 58 heavy (non-hydrogen) atoms. The van der Waals surface area contributed by atoms with Gasteiger partial charge >= 0.3 is 5.97 Å². The summed E-state index contributed by atoms with van der Waals surface area (Å²) in [6.45, 7) is 19.6. The molecule has 1 fully saturated rings. The van der Waals surface area contributed by atoms with Gasteiger partial charge in [-0.05, 0) is 68.5 Å². The van der Waals surface area contributed by atoms with Crippen LogP contribution in [0.15, 0.2) is 30.3 Å². The Morgan fingerprint density at radius 3 is 2.07 bits per heavy atom. The number of amides is 3. The topological polar surface area (TPSA) is 146 Å². The number of carboxylic acid groups (broad SMARTS) is 1. The van der Waals surface area contributed by atoms with Crippen LogP contribution in [0.25, 0.3) is 0 Å². The number of carbonyl (C=O) groups excluding carboxylic acids is 4. The zero-order chi connectivity index (χ0) is 43.9. The minimum atomic E-state index is -1.13. The summed E-state index contributed by atoms with van der Waals surface area (Å²) in [7, 11) is 6.86.